The molecular weight excluding hydrogens is 276 g/mol. The summed E-state index contributed by atoms with van der Waals surface area (Å²) in [4.78, 5) is 0.333. The minimum Gasteiger partial charge on any atom is -0.493 e. The summed E-state index contributed by atoms with van der Waals surface area (Å²) in [5.41, 5.74) is 0.984. The summed E-state index contributed by atoms with van der Waals surface area (Å²) in [5, 5.41) is 3.28. The second-order valence-electron chi connectivity index (χ2n) is 5.37. The van der Waals surface area contributed by atoms with E-state index in [4.69, 9.17) is 4.74 Å². The Hall–Kier alpha value is -1.11. The van der Waals surface area contributed by atoms with Crippen LogP contribution < -0.4 is 14.8 Å². The average molecular weight is 296 g/mol. The van der Waals surface area contributed by atoms with E-state index >= 15 is 0 Å². The molecule has 2 heterocycles. The maximum atomic E-state index is 12.3. The van der Waals surface area contributed by atoms with E-state index < -0.39 is 10.0 Å². The normalized spacial score (nSPS) is 22.3. The molecule has 0 bridgehead atoms. The van der Waals surface area contributed by atoms with Crippen LogP contribution in [0.2, 0.25) is 0 Å². The zero-order valence-electron chi connectivity index (χ0n) is 11.4. The first-order valence-corrected chi connectivity index (χ1v) is 8.62. The van der Waals surface area contributed by atoms with Gasteiger partial charge in [0.25, 0.3) is 0 Å². The molecule has 2 aliphatic rings. The molecule has 1 unspecified atom stereocenters. The van der Waals surface area contributed by atoms with Gasteiger partial charge in [0, 0.05) is 12.6 Å². The van der Waals surface area contributed by atoms with E-state index in [1.807, 2.05) is 0 Å². The molecule has 0 radical (unpaired) electrons. The van der Waals surface area contributed by atoms with E-state index in [0.29, 0.717) is 18.0 Å². The summed E-state index contributed by atoms with van der Waals surface area (Å²) < 4.78 is 32.8. The lowest BCUT2D eigenvalue weighted by Gasteiger charge is -2.18. The molecule has 0 amide bonds. The van der Waals surface area contributed by atoms with Crippen molar-refractivity contribution in [2.45, 2.75) is 36.6 Å². The number of benzene rings is 1. The molecule has 1 saturated heterocycles. The molecule has 6 heteroatoms. The second-order valence-corrected chi connectivity index (χ2v) is 7.13. The predicted octanol–water partition coefficient (Wildman–Crippen LogP) is 1.04. The van der Waals surface area contributed by atoms with Gasteiger partial charge in [0.1, 0.15) is 5.75 Å². The van der Waals surface area contributed by atoms with Crippen LogP contribution in [0.4, 0.5) is 0 Å². The number of nitrogens with one attached hydrogen (secondary N) is 2. The van der Waals surface area contributed by atoms with Gasteiger partial charge in [-0.05, 0) is 56.0 Å². The average Bonchev–Trinajstić information content (AvgIpc) is 2.98. The first kappa shape index (κ1) is 13.9. The van der Waals surface area contributed by atoms with Crippen molar-refractivity contribution in [3.63, 3.8) is 0 Å². The molecule has 1 aromatic rings. The maximum Gasteiger partial charge on any atom is 0.240 e. The Labute approximate surface area is 119 Å². The molecule has 0 aliphatic carbocycles. The van der Waals surface area contributed by atoms with Crippen molar-refractivity contribution in [3.8, 4) is 5.75 Å². The minimum atomic E-state index is -3.43. The topological polar surface area (TPSA) is 67.4 Å². The highest BCUT2D eigenvalue weighted by molar-refractivity contribution is 7.89. The van der Waals surface area contributed by atoms with Crippen molar-refractivity contribution in [2.75, 3.05) is 19.7 Å². The monoisotopic (exact) mass is 296 g/mol. The standard InChI is InChI=1S/C14H20N2O3S/c17-20(18,16-10-12-4-1-7-15-12)13-5-6-14-11(9-13)3-2-8-19-14/h5-6,9,12,15-16H,1-4,7-8,10H2. The van der Waals surface area contributed by atoms with Crippen LogP contribution in [-0.2, 0) is 16.4 Å². The SMILES string of the molecule is O=S(=O)(NCC1CCCN1)c1ccc2c(c1)CCCO2. The molecule has 0 spiro atoms. The molecule has 2 N–H and O–H groups in total. The van der Waals surface area contributed by atoms with Gasteiger partial charge in [0.05, 0.1) is 11.5 Å². The zero-order chi connectivity index (χ0) is 14.0. The van der Waals surface area contributed by atoms with Gasteiger partial charge in [-0.3, -0.25) is 0 Å². The van der Waals surface area contributed by atoms with Crippen LogP contribution in [0.25, 0.3) is 0 Å². The van der Waals surface area contributed by atoms with Gasteiger partial charge in [-0.25, -0.2) is 13.1 Å². The molecule has 1 aromatic carbocycles. The minimum absolute atomic E-state index is 0.255. The van der Waals surface area contributed by atoms with Gasteiger partial charge in [-0.15, -0.1) is 0 Å². The number of hydrogen-bond donors (Lipinski definition) is 2. The Kier molecular flexibility index (Phi) is 3.96. The van der Waals surface area contributed by atoms with Crippen molar-refractivity contribution in [2.24, 2.45) is 0 Å². The zero-order valence-corrected chi connectivity index (χ0v) is 12.2. The Morgan fingerprint density at radius 1 is 1.35 bits per heavy atom. The first-order chi connectivity index (χ1) is 9.65. The lowest BCUT2D eigenvalue weighted by atomic mass is 10.1. The van der Waals surface area contributed by atoms with E-state index in [0.717, 1.165) is 43.5 Å². The molecule has 110 valence electrons. The quantitative estimate of drug-likeness (QED) is 0.871. The van der Waals surface area contributed by atoms with Crippen LogP contribution in [0.5, 0.6) is 5.75 Å². The Morgan fingerprint density at radius 3 is 3.05 bits per heavy atom. The Bertz CT molecular complexity index is 580. The fourth-order valence-corrected chi connectivity index (χ4v) is 3.86. The fraction of sp³-hybridized carbons (Fsp3) is 0.571. The summed E-state index contributed by atoms with van der Waals surface area (Å²) in [6.07, 6.45) is 3.96. The third kappa shape index (κ3) is 2.97. The van der Waals surface area contributed by atoms with Crippen molar-refractivity contribution < 1.29 is 13.2 Å². The summed E-state index contributed by atoms with van der Waals surface area (Å²) in [6, 6.07) is 5.37. The first-order valence-electron chi connectivity index (χ1n) is 7.14. The lowest BCUT2D eigenvalue weighted by Crippen LogP contribution is -2.37. The van der Waals surface area contributed by atoms with E-state index in [9.17, 15) is 8.42 Å². The van der Waals surface area contributed by atoms with Crippen LogP contribution in [0, 0.1) is 0 Å². The summed E-state index contributed by atoms with van der Waals surface area (Å²) in [6.45, 7) is 2.14. The van der Waals surface area contributed by atoms with Crippen LogP contribution in [0.1, 0.15) is 24.8 Å². The van der Waals surface area contributed by atoms with Crippen molar-refractivity contribution in [3.05, 3.63) is 23.8 Å². The smallest absolute Gasteiger partial charge is 0.240 e. The molecule has 2 aliphatic heterocycles. The van der Waals surface area contributed by atoms with Crippen LogP contribution in [0.3, 0.4) is 0 Å². The van der Waals surface area contributed by atoms with E-state index in [2.05, 4.69) is 10.0 Å². The molecule has 20 heavy (non-hydrogen) atoms. The van der Waals surface area contributed by atoms with Crippen LogP contribution in [-0.4, -0.2) is 34.2 Å². The third-order valence-electron chi connectivity index (χ3n) is 3.87. The molecule has 0 saturated carbocycles. The van der Waals surface area contributed by atoms with E-state index in [-0.39, 0.29) is 6.04 Å². The van der Waals surface area contributed by atoms with Gasteiger partial charge < -0.3 is 10.1 Å². The van der Waals surface area contributed by atoms with Crippen LogP contribution in [0.15, 0.2) is 23.1 Å². The highest BCUT2D eigenvalue weighted by Crippen LogP contribution is 2.27. The number of hydrogen-bond acceptors (Lipinski definition) is 4. The largest absolute Gasteiger partial charge is 0.493 e. The Balaban J connectivity index is 1.73. The fourth-order valence-electron chi connectivity index (χ4n) is 2.73. The van der Waals surface area contributed by atoms with Crippen molar-refractivity contribution >= 4 is 10.0 Å². The van der Waals surface area contributed by atoms with Crippen molar-refractivity contribution in [1.82, 2.24) is 10.0 Å². The predicted molar refractivity (Wildman–Crippen MR) is 76.5 cm³/mol. The number of fused-ring (bicyclic) bond motifs is 1. The van der Waals surface area contributed by atoms with Gasteiger partial charge in [-0.2, -0.15) is 0 Å². The molecule has 1 atom stereocenters. The lowest BCUT2D eigenvalue weighted by molar-refractivity contribution is 0.288. The maximum absolute atomic E-state index is 12.3. The molecule has 0 aromatic heterocycles. The number of sulfonamides is 1. The highest BCUT2D eigenvalue weighted by Gasteiger charge is 2.21. The molecule has 1 fully saturated rings. The van der Waals surface area contributed by atoms with Gasteiger partial charge in [-0.1, -0.05) is 0 Å². The molecule has 5 nitrogen and oxygen atoms in total. The molecule has 3 rings (SSSR count). The molecular formula is C14H20N2O3S. The second kappa shape index (κ2) is 5.71. The van der Waals surface area contributed by atoms with Gasteiger partial charge >= 0.3 is 0 Å². The van der Waals surface area contributed by atoms with E-state index in [1.165, 1.54) is 0 Å². The third-order valence-corrected chi connectivity index (χ3v) is 5.29. The Morgan fingerprint density at radius 2 is 2.25 bits per heavy atom. The number of rotatable bonds is 4. The van der Waals surface area contributed by atoms with Crippen molar-refractivity contribution in [1.29, 1.82) is 0 Å². The van der Waals surface area contributed by atoms with Gasteiger partial charge in [0.2, 0.25) is 10.0 Å². The van der Waals surface area contributed by atoms with Crippen LogP contribution >= 0.6 is 0 Å². The number of ether oxygens (including phenoxy) is 1. The van der Waals surface area contributed by atoms with Gasteiger partial charge in [0.15, 0.2) is 0 Å². The summed E-state index contributed by atoms with van der Waals surface area (Å²) in [5.74, 6) is 0.813. The summed E-state index contributed by atoms with van der Waals surface area (Å²) >= 11 is 0. The van der Waals surface area contributed by atoms with E-state index in [1.54, 1.807) is 18.2 Å². The summed E-state index contributed by atoms with van der Waals surface area (Å²) in [7, 11) is -3.43. The highest BCUT2D eigenvalue weighted by atomic mass is 32.2. The number of aryl methyl sites for hydroxylation is 1.